The number of para-hydroxylation sites is 1. The minimum Gasteiger partial charge on any atom is -0.355 e. The monoisotopic (exact) mass is 559 g/mol. The molecule has 0 radical (unpaired) electrons. The van der Waals surface area contributed by atoms with E-state index in [1.807, 2.05) is 0 Å². The molecule has 2 aliphatic carbocycles. The minimum atomic E-state index is -0.403. The Morgan fingerprint density at radius 3 is 1.50 bits per heavy atom. The third-order valence-electron chi connectivity index (χ3n) is 9.49. The summed E-state index contributed by atoms with van der Waals surface area (Å²) in [5.41, 5.74) is 17.3. The van der Waals surface area contributed by atoms with Crippen molar-refractivity contribution in [3.8, 4) is 44.5 Å². The van der Waals surface area contributed by atoms with Crippen molar-refractivity contribution in [1.29, 1.82) is 0 Å². The van der Waals surface area contributed by atoms with Gasteiger partial charge in [0.25, 0.3) is 0 Å². The number of hydrogen-bond acceptors (Lipinski definition) is 1. The summed E-state index contributed by atoms with van der Waals surface area (Å²) in [6.07, 6.45) is 0. The highest BCUT2D eigenvalue weighted by molar-refractivity contribution is 5.97. The van der Waals surface area contributed by atoms with Crippen molar-refractivity contribution in [3.05, 3.63) is 192 Å². The largest absolute Gasteiger partial charge is 0.355 e. The average Bonchev–Trinajstić information content (AvgIpc) is 3.56. The lowest BCUT2D eigenvalue weighted by Gasteiger charge is -2.31. The van der Waals surface area contributed by atoms with Crippen molar-refractivity contribution in [2.75, 3.05) is 5.32 Å². The molecule has 0 aromatic heterocycles. The standard InChI is InChI=1S/C43H29N/c1-3-13-29(14-4-1)31-23-25-36-37-26-24-32(44-42-22-12-9-17-33(42)30-15-5-2-6-16-30)28-41(37)43(40(36)27-31)38-20-10-7-18-34(38)35-19-8-11-21-39(35)43/h1-28,44H. The SMILES string of the molecule is c1ccc(-c2ccc3c(c2)C2(c4ccccc4-c4ccccc42)c2cc(Nc4ccccc4-c4ccccc4)ccc2-3)cc1. The minimum absolute atomic E-state index is 0.403. The first-order valence-corrected chi connectivity index (χ1v) is 15.3. The Hall–Kier alpha value is -5.66. The average molecular weight is 560 g/mol. The summed E-state index contributed by atoms with van der Waals surface area (Å²) < 4.78 is 0. The van der Waals surface area contributed by atoms with Gasteiger partial charge in [0, 0.05) is 16.9 Å². The van der Waals surface area contributed by atoms with Crippen LogP contribution in [-0.2, 0) is 5.41 Å². The molecule has 0 heterocycles. The van der Waals surface area contributed by atoms with Crippen LogP contribution in [0.4, 0.5) is 11.4 Å². The van der Waals surface area contributed by atoms with Crippen LogP contribution in [0.1, 0.15) is 22.3 Å². The molecule has 0 fully saturated rings. The van der Waals surface area contributed by atoms with Crippen LogP contribution in [0.3, 0.4) is 0 Å². The summed E-state index contributed by atoms with van der Waals surface area (Å²) in [5, 5.41) is 3.82. The zero-order valence-corrected chi connectivity index (χ0v) is 24.2. The van der Waals surface area contributed by atoms with Crippen LogP contribution >= 0.6 is 0 Å². The molecular weight excluding hydrogens is 530 g/mol. The fourth-order valence-electron chi connectivity index (χ4n) is 7.64. The predicted molar refractivity (Wildman–Crippen MR) is 183 cm³/mol. The van der Waals surface area contributed by atoms with Gasteiger partial charge in [-0.25, -0.2) is 0 Å². The summed E-state index contributed by atoms with van der Waals surface area (Å²) in [7, 11) is 0. The Morgan fingerprint density at radius 1 is 0.318 bits per heavy atom. The van der Waals surface area contributed by atoms with Gasteiger partial charge in [0.05, 0.1) is 5.41 Å². The molecule has 1 spiro atoms. The Morgan fingerprint density at radius 2 is 0.818 bits per heavy atom. The molecule has 7 aromatic rings. The first-order valence-electron chi connectivity index (χ1n) is 15.3. The molecule has 0 aliphatic heterocycles. The molecule has 0 amide bonds. The van der Waals surface area contributed by atoms with Crippen molar-refractivity contribution >= 4 is 11.4 Å². The van der Waals surface area contributed by atoms with Gasteiger partial charge < -0.3 is 5.32 Å². The van der Waals surface area contributed by atoms with Crippen molar-refractivity contribution in [2.24, 2.45) is 0 Å². The fourth-order valence-corrected chi connectivity index (χ4v) is 7.64. The molecule has 0 saturated carbocycles. The Kier molecular flexibility index (Phi) is 5.48. The zero-order valence-electron chi connectivity index (χ0n) is 24.2. The van der Waals surface area contributed by atoms with E-state index in [0.717, 1.165) is 11.4 Å². The number of rotatable bonds is 4. The molecule has 44 heavy (non-hydrogen) atoms. The molecule has 0 bridgehead atoms. The Balaban J connectivity index is 1.28. The van der Waals surface area contributed by atoms with Crippen LogP contribution < -0.4 is 5.32 Å². The first-order chi connectivity index (χ1) is 21.8. The molecule has 0 unspecified atom stereocenters. The molecule has 206 valence electrons. The zero-order chi connectivity index (χ0) is 29.1. The smallest absolute Gasteiger partial charge is 0.0726 e. The van der Waals surface area contributed by atoms with Gasteiger partial charge in [-0.3, -0.25) is 0 Å². The number of benzene rings is 7. The van der Waals surface area contributed by atoms with Gasteiger partial charge in [-0.1, -0.05) is 146 Å². The van der Waals surface area contributed by atoms with Gasteiger partial charge in [0.2, 0.25) is 0 Å². The molecule has 0 saturated heterocycles. The second-order valence-corrected chi connectivity index (χ2v) is 11.8. The molecule has 1 heteroatoms. The van der Waals surface area contributed by atoms with E-state index < -0.39 is 5.41 Å². The van der Waals surface area contributed by atoms with E-state index in [-0.39, 0.29) is 0 Å². The van der Waals surface area contributed by atoms with Crippen LogP contribution in [0.15, 0.2) is 170 Å². The van der Waals surface area contributed by atoms with Gasteiger partial charge in [-0.15, -0.1) is 0 Å². The van der Waals surface area contributed by atoms with Crippen LogP contribution in [0, 0.1) is 0 Å². The van der Waals surface area contributed by atoms with Crippen molar-refractivity contribution < 1.29 is 0 Å². The molecule has 7 aromatic carbocycles. The lowest BCUT2D eigenvalue weighted by atomic mass is 9.70. The fraction of sp³-hybridized carbons (Fsp3) is 0.0233. The van der Waals surface area contributed by atoms with Crippen LogP contribution in [0.25, 0.3) is 44.5 Å². The maximum Gasteiger partial charge on any atom is 0.0726 e. The number of nitrogens with one attached hydrogen (secondary N) is 1. The summed E-state index contributed by atoms with van der Waals surface area (Å²) in [6, 6.07) is 62.0. The van der Waals surface area contributed by atoms with Crippen molar-refractivity contribution in [1.82, 2.24) is 0 Å². The maximum absolute atomic E-state index is 3.82. The van der Waals surface area contributed by atoms with E-state index in [0.29, 0.717) is 0 Å². The second kappa shape index (κ2) is 9.69. The lowest BCUT2D eigenvalue weighted by molar-refractivity contribution is 0.794. The highest BCUT2D eigenvalue weighted by atomic mass is 14.9. The van der Waals surface area contributed by atoms with E-state index in [4.69, 9.17) is 0 Å². The second-order valence-electron chi connectivity index (χ2n) is 11.8. The highest BCUT2D eigenvalue weighted by Gasteiger charge is 2.51. The highest BCUT2D eigenvalue weighted by Crippen LogP contribution is 2.63. The summed E-state index contributed by atoms with van der Waals surface area (Å²) in [6.45, 7) is 0. The number of fused-ring (bicyclic) bond motifs is 10. The van der Waals surface area contributed by atoms with Crippen LogP contribution in [0.2, 0.25) is 0 Å². The van der Waals surface area contributed by atoms with Gasteiger partial charge in [0.15, 0.2) is 0 Å². The van der Waals surface area contributed by atoms with Crippen molar-refractivity contribution in [3.63, 3.8) is 0 Å². The quantitative estimate of drug-likeness (QED) is 0.226. The molecular formula is C43H29N. The third kappa shape index (κ3) is 3.53. The summed E-state index contributed by atoms with van der Waals surface area (Å²) in [4.78, 5) is 0. The van der Waals surface area contributed by atoms with Crippen LogP contribution in [-0.4, -0.2) is 0 Å². The predicted octanol–water partition coefficient (Wildman–Crippen LogP) is 11.1. The van der Waals surface area contributed by atoms with Gasteiger partial charge in [0.1, 0.15) is 0 Å². The number of anilines is 2. The first kappa shape index (κ1) is 24.9. The molecule has 0 atom stereocenters. The van der Waals surface area contributed by atoms with Gasteiger partial charge in [-0.2, -0.15) is 0 Å². The van der Waals surface area contributed by atoms with Crippen molar-refractivity contribution in [2.45, 2.75) is 5.41 Å². The van der Waals surface area contributed by atoms with Crippen LogP contribution in [0.5, 0.6) is 0 Å². The van der Waals surface area contributed by atoms with Gasteiger partial charge in [-0.05, 0) is 85.5 Å². The molecule has 9 rings (SSSR count). The summed E-state index contributed by atoms with van der Waals surface area (Å²) in [5.74, 6) is 0. The lowest BCUT2D eigenvalue weighted by Crippen LogP contribution is -2.26. The van der Waals surface area contributed by atoms with E-state index in [1.54, 1.807) is 0 Å². The topological polar surface area (TPSA) is 12.0 Å². The summed E-state index contributed by atoms with van der Waals surface area (Å²) >= 11 is 0. The normalized spacial score (nSPS) is 13.2. The molecule has 1 N–H and O–H groups in total. The molecule has 1 nitrogen and oxygen atoms in total. The van der Waals surface area contributed by atoms with E-state index in [1.165, 1.54) is 66.8 Å². The Bertz CT molecular complexity index is 2150. The number of hydrogen-bond donors (Lipinski definition) is 1. The third-order valence-corrected chi connectivity index (χ3v) is 9.49. The Labute approximate surface area is 258 Å². The van der Waals surface area contributed by atoms with Gasteiger partial charge >= 0.3 is 0 Å². The van der Waals surface area contributed by atoms with E-state index >= 15 is 0 Å². The molecule has 2 aliphatic rings. The maximum atomic E-state index is 3.82. The van der Waals surface area contributed by atoms with E-state index in [2.05, 4.69) is 175 Å². The van der Waals surface area contributed by atoms with E-state index in [9.17, 15) is 0 Å².